The van der Waals surface area contributed by atoms with Gasteiger partial charge in [0.1, 0.15) is 13.2 Å². The van der Waals surface area contributed by atoms with Crippen LogP contribution in [0.4, 0.5) is 0 Å². The van der Waals surface area contributed by atoms with Gasteiger partial charge in [-0.15, -0.1) is 0 Å². The maximum atomic E-state index is 12.8. The highest BCUT2D eigenvalue weighted by atomic mass is 16.6. The fourth-order valence-corrected chi connectivity index (χ4v) is 8.35. The Kier molecular flexibility index (Phi) is 53.8. The van der Waals surface area contributed by atoms with E-state index in [-0.39, 0.29) is 31.1 Å². The van der Waals surface area contributed by atoms with Gasteiger partial charge in [-0.3, -0.25) is 14.4 Å². The summed E-state index contributed by atoms with van der Waals surface area (Å²) in [6.07, 6.45) is 68.1. The normalized spacial score (nSPS) is 12.3. The Labute approximate surface area is 416 Å². The van der Waals surface area contributed by atoms with Gasteiger partial charge in [0, 0.05) is 19.3 Å². The van der Waals surface area contributed by atoms with Crippen LogP contribution >= 0.6 is 0 Å². The lowest BCUT2D eigenvalue weighted by Gasteiger charge is -2.18. The second kappa shape index (κ2) is 56.0. The minimum Gasteiger partial charge on any atom is -0.462 e. The van der Waals surface area contributed by atoms with E-state index in [0.29, 0.717) is 19.3 Å². The van der Waals surface area contributed by atoms with Crippen LogP contribution in [-0.4, -0.2) is 37.2 Å². The van der Waals surface area contributed by atoms with E-state index < -0.39 is 6.10 Å². The molecule has 0 saturated heterocycles. The van der Waals surface area contributed by atoms with Gasteiger partial charge in [-0.2, -0.15) is 0 Å². The Morgan fingerprint density at radius 2 is 0.537 bits per heavy atom. The summed E-state index contributed by atoms with van der Waals surface area (Å²) in [5.41, 5.74) is 0. The second-order valence-electron chi connectivity index (χ2n) is 19.5. The molecular formula is C61H110O6. The van der Waals surface area contributed by atoms with Crippen LogP contribution in [0.2, 0.25) is 0 Å². The van der Waals surface area contributed by atoms with Crippen LogP contribution in [0, 0.1) is 0 Å². The standard InChI is InChI=1S/C61H110O6/c1-4-7-10-13-16-19-22-25-28-29-30-31-34-36-39-42-45-48-51-54-60(63)66-57-58(67-61(64)55-52-49-46-43-40-37-33-27-24-21-18-15-12-9-6-3)56-65-59(62)53-50-47-44-41-38-35-32-26-23-20-17-14-11-8-5-2/h16,19,25-28,32-33,58H,4-15,17-18,20-24,29-31,34-57H2,1-3H3/b19-16-,28-25-,32-26-,33-27-/t58-/m0/s1. The van der Waals surface area contributed by atoms with Gasteiger partial charge in [-0.25, -0.2) is 0 Å². The average molecular weight is 940 g/mol. The number of esters is 3. The van der Waals surface area contributed by atoms with Gasteiger partial charge in [0.2, 0.25) is 0 Å². The van der Waals surface area contributed by atoms with Crippen molar-refractivity contribution in [1.82, 2.24) is 0 Å². The molecule has 67 heavy (non-hydrogen) atoms. The number of allylic oxidation sites excluding steroid dienone is 8. The first kappa shape index (κ1) is 64.4. The van der Waals surface area contributed by atoms with Crippen molar-refractivity contribution in [1.29, 1.82) is 0 Å². The van der Waals surface area contributed by atoms with E-state index in [1.807, 2.05) is 0 Å². The van der Waals surface area contributed by atoms with Gasteiger partial charge in [0.25, 0.3) is 0 Å². The molecule has 390 valence electrons. The molecule has 0 fully saturated rings. The third kappa shape index (κ3) is 54.2. The van der Waals surface area contributed by atoms with Crippen molar-refractivity contribution < 1.29 is 28.6 Å². The van der Waals surface area contributed by atoms with Crippen LogP contribution in [0.5, 0.6) is 0 Å². The van der Waals surface area contributed by atoms with Crippen molar-refractivity contribution in [3.8, 4) is 0 Å². The fraction of sp³-hybridized carbons (Fsp3) is 0.820. The number of ether oxygens (including phenoxy) is 3. The molecule has 0 saturated carbocycles. The van der Waals surface area contributed by atoms with E-state index in [1.165, 1.54) is 180 Å². The van der Waals surface area contributed by atoms with Gasteiger partial charge in [-0.05, 0) is 103 Å². The molecule has 0 aliphatic heterocycles. The number of hydrogen-bond acceptors (Lipinski definition) is 6. The van der Waals surface area contributed by atoms with Crippen LogP contribution in [-0.2, 0) is 28.6 Å². The molecule has 0 radical (unpaired) electrons. The highest BCUT2D eigenvalue weighted by Crippen LogP contribution is 2.15. The lowest BCUT2D eigenvalue weighted by Crippen LogP contribution is -2.30. The molecule has 0 aromatic heterocycles. The van der Waals surface area contributed by atoms with Crippen molar-refractivity contribution in [3.63, 3.8) is 0 Å². The average Bonchev–Trinajstić information content (AvgIpc) is 3.33. The predicted octanol–water partition coefficient (Wildman–Crippen LogP) is 19.4. The summed E-state index contributed by atoms with van der Waals surface area (Å²) >= 11 is 0. The molecule has 0 N–H and O–H groups in total. The van der Waals surface area contributed by atoms with Gasteiger partial charge < -0.3 is 14.2 Å². The lowest BCUT2D eigenvalue weighted by atomic mass is 10.1. The van der Waals surface area contributed by atoms with E-state index in [9.17, 15) is 14.4 Å². The molecule has 0 rings (SSSR count). The lowest BCUT2D eigenvalue weighted by molar-refractivity contribution is -0.167. The third-order valence-electron chi connectivity index (χ3n) is 12.8. The first-order valence-corrected chi connectivity index (χ1v) is 29.1. The van der Waals surface area contributed by atoms with Crippen molar-refractivity contribution in [2.45, 2.75) is 309 Å². The number of hydrogen-bond donors (Lipinski definition) is 0. The van der Waals surface area contributed by atoms with E-state index in [4.69, 9.17) is 14.2 Å². The van der Waals surface area contributed by atoms with Crippen LogP contribution in [0.3, 0.4) is 0 Å². The second-order valence-corrected chi connectivity index (χ2v) is 19.5. The smallest absolute Gasteiger partial charge is 0.306 e. The SMILES string of the molecule is CCCCC/C=C\C/C=C\CCCCCCCCCCCC(=O)OC[C@H](COC(=O)CCCCCCC/C=C\CCCCCCCC)OC(=O)CCCCCCC/C=C\CCCCCCCC. The molecule has 0 heterocycles. The van der Waals surface area contributed by atoms with Gasteiger partial charge in [0.15, 0.2) is 6.10 Å². The maximum Gasteiger partial charge on any atom is 0.306 e. The van der Waals surface area contributed by atoms with E-state index in [2.05, 4.69) is 69.4 Å². The summed E-state index contributed by atoms with van der Waals surface area (Å²) < 4.78 is 16.9. The molecule has 0 aliphatic rings. The Morgan fingerprint density at radius 1 is 0.299 bits per heavy atom. The number of carbonyl (C=O) groups excluding carboxylic acids is 3. The summed E-state index contributed by atoms with van der Waals surface area (Å²) in [7, 11) is 0. The zero-order valence-electron chi connectivity index (χ0n) is 44.7. The molecule has 1 atom stereocenters. The first-order chi connectivity index (χ1) is 33.0. The molecule has 6 nitrogen and oxygen atoms in total. The number of carbonyl (C=O) groups is 3. The zero-order chi connectivity index (χ0) is 48.6. The van der Waals surface area contributed by atoms with Gasteiger partial charge in [0.05, 0.1) is 0 Å². The minimum absolute atomic E-state index is 0.0798. The van der Waals surface area contributed by atoms with Crippen LogP contribution in [0.1, 0.15) is 303 Å². The quantitative estimate of drug-likeness (QED) is 0.0262. The fourth-order valence-electron chi connectivity index (χ4n) is 8.35. The van der Waals surface area contributed by atoms with Crippen LogP contribution in [0.15, 0.2) is 48.6 Å². The minimum atomic E-state index is -0.782. The molecule has 0 spiro atoms. The molecular weight excluding hydrogens is 829 g/mol. The number of rotatable bonds is 53. The molecule has 0 aliphatic carbocycles. The highest BCUT2D eigenvalue weighted by Gasteiger charge is 2.19. The van der Waals surface area contributed by atoms with Crippen molar-refractivity contribution in [2.24, 2.45) is 0 Å². The zero-order valence-corrected chi connectivity index (χ0v) is 44.7. The summed E-state index contributed by atoms with van der Waals surface area (Å²) in [5, 5.41) is 0. The topological polar surface area (TPSA) is 78.9 Å². The van der Waals surface area contributed by atoms with Gasteiger partial charge in [-0.1, -0.05) is 230 Å². The first-order valence-electron chi connectivity index (χ1n) is 29.1. The largest absolute Gasteiger partial charge is 0.462 e. The molecule has 0 aromatic carbocycles. The van der Waals surface area contributed by atoms with Crippen molar-refractivity contribution >= 4 is 17.9 Å². The summed E-state index contributed by atoms with van der Waals surface area (Å²) in [6.45, 7) is 6.62. The number of unbranched alkanes of at least 4 members (excludes halogenated alkanes) is 34. The molecule has 0 bridgehead atoms. The summed E-state index contributed by atoms with van der Waals surface area (Å²) in [6, 6.07) is 0. The van der Waals surface area contributed by atoms with E-state index >= 15 is 0 Å². The van der Waals surface area contributed by atoms with Gasteiger partial charge >= 0.3 is 17.9 Å². The van der Waals surface area contributed by atoms with Crippen molar-refractivity contribution in [2.75, 3.05) is 13.2 Å². The van der Waals surface area contributed by atoms with E-state index in [0.717, 1.165) is 83.5 Å². The maximum absolute atomic E-state index is 12.8. The Morgan fingerprint density at radius 3 is 0.866 bits per heavy atom. The molecule has 6 heteroatoms. The monoisotopic (exact) mass is 939 g/mol. The molecule has 0 amide bonds. The third-order valence-corrected chi connectivity index (χ3v) is 12.8. The van der Waals surface area contributed by atoms with Crippen LogP contribution in [0.25, 0.3) is 0 Å². The highest BCUT2D eigenvalue weighted by molar-refractivity contribution is 5.71. The Hall–Kier alpha value is -2.63. The van der Waals surface area contributed by atoms with E-state index in [1.54, 1.807) is 0 Å². The molecule has 0 aromatic rings. The van der Waals surface area contributed by atoms with Crippen molar-refractivity contribution in [3.05, 3.63) is 48.6 Å². The molecule has 0 unspecified atom stereocenters. The van der Waals surface area contributed by atoms with Crippen LogP contribution < -0.4 is 0 Å². The Balaban J connectivity index is 4.37. The summed E-state index contributed by atoms with van der Waals surface area (Å²) in [5.74, 6) is -0.887. The summed E-state index contributed by atoms with van der Waals surface area (Å²) in [4.78, 5) is 38.2. The Bertz CT molecular complexity index is 1170. The predicted molar refractivity (Wildman–Crippen MR) is 289 cm³/mol.